The normalized spacial score (nSPS) is 17.9. The van der Waals surface area contributed by atoms with Crippen molar-refractivity contribution in [2.45, 2.75) is 44.6 Å². The van der Waals surface area contributed by atoms with Gasteiger partial charge < -0.3 is 21.3 Å². The van der Waals surface area contributed by atoms with Gasteiger partial charge in [0.2, 0.25) is 11.8 Å². The first-order chi connectivity index (χ1) is 11.6. The maximum atomic E-state index is 12.1. The third kappa shape index (κ3) is 3.99. The molecule has 3 rings (SSSR count). The molecule has 1 heterocycles. The van der Waals surface area contributed by atoms with Gasteiger partial charge in [-0.2, -0.15) is 0 Å². The van der Waals surface area contributed by atoms with Crippen LogP contribution in [-0.4, -0.2) is 37.5 Å². The Hall–Kier alpha value is -2.24. The van der Waals surface area contributed by atoms with Crippen LogP contribution in [0.15, 0.2) is 18.2 Å². The summed E-state index contributed by atoms with van der Waals surface area (Å²) < 4.78 is 0. The van der Waals surface area contributed by atoms with Crippen molar-refractivity contribution in [1.82, 2.24) is 5.32 Å². The topological polar surface area (TPSA) is 87.5 Å². The second-order valence-corrected chi connectivity index (χ2v) is 6.69. The summed E-state index contributed by atoms with van der Waals surface area (Å²) in [5.41, 5.74) is 7.68. The fourth-order valence-electron chi connectivity index (χ4n) is 3.59. The molecule has 6 nitrogen and oxygen atoms in total. The molecule has 0 aromatic heterocycles. The molecule has 0 radical (unpaired) electrons. The summed E-state index contributed by atoms with van der Waals surface area (Å²) in [6.45, 7) is 2.21. The number of hydrogen-bond acceptors (Lipinski definition) is 4. The zero-order valence-corrected chi connectivity index (χ0v) is 14.0. The number of anilines is 2. The molecule has 0 atom stereocenters. The van der Waals surface area contributed by atoms with Gasteiger partial charge in [0.05, 0.1) is 17.9 Å². The van der Waals surface area contributed by atoms with E-state index < -0.39 is 5.91 Å². The maximum absolute atomic E-state index is 12.1. The summed E-state index contributed by atoms with van der Waals surface area (Å²) in [6, 6.07) is 5.73. The van der Waals surface area contributed by atoms with E-state index in [1.807, 2.05) is 6.07 Å². The summed E-state index contributed by atoms with van der Waals surface area (Å²) in [5, 5.41) is 6.27. The lowest BCUT2D eigenvalue weighted by Crippen LogP contribution is -2.37. The van der Waals surface area contributed by atoms with Crippen molar-refractivity contribution in [3.05, 3.63) is 23.8 Å². The molecule has 2 amide bonds. The van der Waals surface area contributed by atoms with Crippen molar-refractivity contribution in [1.29, 1.82) is 0 Å². The molecule has 1 saturated carbocycles. The molecule has 1 aromatic rings. The van der Waals surface area contributed by atoms with Gasteiger partial charge in [0.1, 0.15) is 0 Å². The van der Waals surface area contributed by atoms with Gasteiger partial charge in [0, 0.05) is 24.7 Å². The zero-order valence-electron chi connectivity index (χ0n) is 14.0. The lowest BCUT2D eigenvalue weighted by atomic mass is 10.1. The van der Waals surface area contributed by atoms with Crippen LogP contribution in [0.1, 0.15) is 48.9 Å². The molecule has 4 N–H and O–H groups in total. The largest absolute Gasteiger partial charge is 0.374 e. The van der Waals surface area contributed by atoms with Gasteiger partial charge in [-0.3, -0.25) is 9.59 Å². The smallest absolute Gasteiger partial charge is 0.248 e. The van der Waals surface area contributed by atoms with Gasteiger partial charge in [0.15, 0.2) is 0 Å². The summed E-state index contributed by atoms with van der Waals surface area (Å²) in [6.07, 6.45) is 6.86. The minimum Gasteiger partial charge on any atom is -0.374 e. The van der Waals surface area contributed by atoms with Crippen LogP contribution in [0, 0.1) is 0 Å². The fourth-order valence-corrected chi connectivity index (χ4v) is 3.59. The first-order valence-corrected chi connectivity index (χ1v) is 8.85. The van der Waals surface area contributed by atoms with Crippen molar-refractivity contribution < 1.29 is 9.59 Å². The van der Waals surface area contributed by atoms with Crippen molar-refractivity contribution in [3.8, 4) is 0 Å². The van der Waals surface area contributed by atoms with E-state index in [4.69, 9.17) is 5.73 Å². The monoisotopic (exact) mass is 330 g/mol. The van der Waals surface area contributed by atoms with Crippen molar-refractivity contribution in [2.24, 2.45) is 5.73 Å². The Bertz CT molecular complexity index is 605. The third-order valence-corrected chi connectivity index (χ3v) is 4.89. The molecule has 1 saturated heterocycles. The van der Waals surface area contributed by atoms with Crippen LogP contribution in [0.4, 0.5) is 11.4 Å². The molecule has 2 aliphatic rings. The minimum atomic E-state index is -0.457. The Morgan fingerprint density at radius 3 is 2.50 bits per heavy atom. The standard InChI is InChI=1S/C18H26N4O2/c19-18(24)13-7-8-16(22-9-3-4-10-22)15(11-13)20-12-17(23)21-14-5-1-2-6-14/h7-8,11,14,20H,1-6,9-10,12H2,(H2,19,24)(H,21,23). The second-order valence-electron chi connectivity index (χ2n) is 6.69. The number of carbonyl (C=O) groups excluding carboxylic acids is 2. The predicted molar refractivity (Wildman–Crippen MR) is 95.3 cm³/mol. The van der Waals surface area contributed by atoms with E-state index in [2.05, 4.69) is 15.5 Å². The number of hydrogen-bond donors (Lipinski definition) is 3. The number of amides is 2. The molecule has 1 aliphatic heterocycles. The lowest BCUT2D eigenvalue weighted by Gasteiger charge is -2.22. The number of primary amides is 1. The van der Waals surface area contributed by atoms with E-state index in [1.165, 1.54) is 25.7 Å². The quantitative estimate of drug-likeness (QED) is 0.743. The van der Waals surface area contributed by atoms with Crippen molar-refractivity contribution in [2.75, 3.05) is 29.9 Å². The molecule has 0 unspecified atom stereocenters. The van der Waals surface area contributed by atoms with Crippen LogP contribution in [0.3, 0.4) is 0 Å². The average molecular weight is 330 g/mol. The van der Waals surface area contributed by atoms with Crippen LogP contribution in [0.2, 0.25) is 0 Å². The van der Waals surface area contributed by atoms with Crippen LogP contribution in [0.5, 0.6) is 0 Å². The molecule has 24 heavy (non-hydrogen) atoms. The average Bonchev–Trinajstić information content (AvgIpc) is 3.26. The van der Waals surface area contributed by atoms with Gasteiger partial charge in [-0.25, -0.2) is 0 Å². The lowest BCUT2D eigenvalue weighted by molar-refractivity contribution is -0.120. The van der Waals surface area contributed by atoms with E-state index in [0.717, 1.165) is 37.3 Å². The number of rotatable bonds is 6. The summed E-state index contributed by atoms with van der Waals surface area (Å²) in [5.74, 6) is -0.458. The summed E-state index contributed by atoms with van der Waals surface area (Å²) >= 11 is 0. The number of nitrogens with zero attached hydrogens (tertiary/aromatic N) is 1. The highest BCUT2D eigenvalue weighted by Gasteiger charge is 2.19. The molecular weight excluding hydrogens is 304 g/mol. The Labute approximate surface area is 142 Å². The van der Waals surface area contributed by atoms with Crippen LogP contribution in [-0.2, 0) is 4.79 Å². The van der Waals surface area contributed by atoms with Crippen LogP contribution < -0.4 is 21.3 Å². The van der Waals surface area contributed by atoms with E-state index in [1.54, 1.807) is 12.1 Å². The van der Waals surface area contributed by atoms with Crippen molar-refractivity contribution in [3.63, 3.8) is 0 Å². The molecule has 6 heteroatoms. The molecule has 1 aromatic carbocycles. The summed E-state index contributed by atoms with van der Waals surface area (Å²) in [4.78, 5) is 25.9. The van der Waals surface area contributed by atoms with Crippen LogP contribution in [0.25, 0.3) is 0 Å². The van der Waals surface area contributed by atoms with Gasteiger partial charge in [-0.05, 0) is 43.9 Å². The van der Waals surface area contributed by atoms with Gasteiger partial charge >= 0.3 is 0 Å². The predicted octanol–water partition coefficient (Wildman–Crippen LogP) is 1.86. The van der Waals surface area contributed by atoms with Gasteiger partial charge in [-0.15, -0.1) is 0 Å². The minimum absolute atomic E-state index is 0.00116. The SMILES string of the molecule is NC(=O)c1ccc(N2CCCC2)c(NCC(=O)NC2CCCC2)c1. The highest BCUT2D eigenvalue weighted by molar-refractivity contribution is 5.95. The fraction of sp³-hybridized carbons (Fsp3) is 0.556. The highest BCUT2D eigenvalue weighted by atomic mass is 16.2. The van der Waals surface area contributed by atoms with E-state index in [9.17, 15) is 9.59 Å². The molecule has 2 fully saturated rings. The highest BCUT2D eigenvalue weighted by Crippen LogP contribution is 2.30. The second kappa shape index (κ2) is 7.55. The van der Waals surface area contributed by atoms with Gasteiger partial charge in [-0.1, -0.05) is 12.8 Å². The molecule has 130 valence electrons. The van der Waals surface area contributed by atoms with E-state index in [0.29, 0.717) is 11.6 Å². The molecule has 1 aliphatic carbocycles. The number of carbonyl (C=O) groups is 2. The van der Waals surface area contributed by atoms with E-state index >= 15 is 0 Å². The molecule has 0 bridgehead atoms. The molecular formula is C18H26N4O2. The van der Waals surface area contributed by atoms with Gasteiger partial charge in [0.25, 0.3) is 0 Å². The number of nitrogens with two attached hydrogens (primary N) is 1. The Balaban J connectivity index is 1.68. The van der Waals surface area contributed by atoms with E-state index in [-0.39, 0.29) is 12.5 Å². The third-order valence-electron chi connectivity index (χ3n) is 4.89. The van der Waals surface area contributed by atoms with Crippen LogP contribution >= 0.6 is 0 Å². The molecule has 0 spiro atoms. The maximum Gasteiger partial charge on any atom is 0.248 e. The Morgan fingerprint density at radius 1 is 1.12 bits per heavy atom. The first-order valence-electron chi connectivity index (χ1n) is 8.85. The number of nitrogens with one attached hydrogen (secondary N) is 2. The summed E-state index contributed by atoms with van der Waals surface area (Å²) in [7, 11) is 0. The number of benzene rings is 1. The zero-order chi connectivity index (χ0) is 16.9. The Morgan fingerprint density at radius 2 is 1.83 bits per heavy atom. The first kappa shape index (κ1) is 16.6. The Kier molecular flexibility index (Phi) is 5.23. The van der Waals surface area contributed by atoms with Crippen molar-refractivity contribution >= 4 is 23.2 Å².